The number of nitrogens with one attached hydrogen (secondary N) is 1. The molecule has 0 aliphatic rings. The lowest BCUT2D eigenvalue weighted by atomic mass is 10.0. The third-order valence-electron chi connectivity index (χ3n) is 1.98. The van der Waals surface area contributed by atoms with Gasteiger partial charge in [0.25, 0.3) is 0 Å². The summed E-state index contributed by atoms with van der Waals surface area (Å²) < 4.78 is 62.6. The summed E-state index contributed by atoms with van der Waals surface area (Å²) >= 11 is 0. The summed E-state index contributed by atoms with van der Waals surface area (Å²) in [5.74, 6) is 2.74. The molecule has 0 saturated carbocycles. The molecule has 0 amide bonds. The fourth-order valence-corrected chi connectivity index (χ4v) is 1.32. The van der Waals surface area contributed by atoms with Crippen molar-refractivity contribution < 1.29 is 22.0 Å². The van der Waals surface area contributed by atoms with Crippen molar-refractivity contribution in [1.29, 1.82) is 0 Å². The van der Waals surface area contributed by atoms with Crippen molar-refractivity contribution in [3.63, 3.8) is 0 Å². The highest BCUT2D eigenvalue weighted by atomic mass is 19.4. The summed E-state index contributed by atoms with van der Waals surface area (Å²) in [6, 6.07) is 1.18. The molecule has 16 heavy (non-hydrogen) atoms. The highest BCUT2D eigenvalue weighted by Crippen LogP contribution is 2.31. The summed E-state index contributed by atoms with van der Waals surface area (Å²) in [7, 11) is 0. The van der Waals surface area contributed by atoms with Crippen molar-refractivity contribution in [2.24, 2.45) is 5.84 Å². The lowest BCUT2D eigenvalue weighted by Crippen LogP contribution is -2.33. The molecular weight excluding hydrogens is 231 g/mol. The number of hydrogen-bond acceptors (Lipinski definition) is 2. The normalized spacial score (nSPS) is 13.9. The van der Waals surface area contributed by atoms with Crippen molar-refractivity contribution in [3.8, 4) is 0 Å². The van der Waals surface area contributed by atoms with Crippen LogP contribution in [-0.4, -0.2) is 6.18 Å². The van der Waals surface area contributed by atoms with Crippen molar-refractivity contribution in [1.82, 2.24) is 5.43 Å². The van der Waals surface area contributed by atoms with Crippen LogP contribution in [-0.2, 0) is 0 Å². The lowest BCUT2D eigenvalue weighted by molar-refractivity contribution is -0.140. The van der Waals surface area contributed by atoms with Gasteiger partial charge < -0.3 is 0 Å². The molecule has 1 aromatic rings. The number of hydrogen-bond donors (Lipinski definition) is 2. The van der Waals surface area contributed by atoms with Gasteiger partial charge in [0.1, 0.15) is 11.6 Å². The van der Waals surface area contributed by atoms with Gasteiger partial charge >= 0.3 is 6.18 Å². The molecule has 0 heterocycles. The van der Waals surface area contributed by atoms with Gasteiger partial charge in [-0.05, 0) is 12.1 Å². The zero-order chi connectivity index (χ0) is 12.3. The van der Waals surface area contributed by atoms with Crippen LogP contribution in [0.5, 0.6) is 0 Å². The Bertz CT molecular complexity index is 343. The predicted octanol–water partition coefficient (Wildman–Crippen LogP) is 2.42. The van der Waals surface area contributed by atoms with Gasteiger partial charge in [-0.2, -0.15) is 13.2 Å². The van der Waals surface area contributed by atoms with Gasteiger partial charge in [0.2, 0.25) is 0 Å². The molecule has 7 heteroatoms. The van der Waals surface area contributed by atoms with E-state index < -0.39 is 35.8 Å². The van der Waals surface area contributed by atoms with Gasteiger partial charge in [-0.15, -0.1) is 0 Å². The van der Waals surface area contributed by atoms with E-state index in [0.717, 1.165) is 18.2 Å². The summed E-state index contributed by atoms with van der Waals surface area (Å²) in [6.07, 6.45) is -6.01. The van der Waals surface area contributed by atoms with Gasteiger partial charge in [0.05, 0.1) is 12.5 Å². The Kier molecular flexibility index (Phi) is 3.82. The Hall–Kier alpha value is -1.21. The van der Waals surface area contributed by atoms with Crippen LogP contribution < -0.4 is 11.3 Å². The summed E-state index contributed by atoms with van der Waals surface area (Å²) in [6.45, 7) is 0. The van der Waals surface area contributed by atoms with Crippen molar-refractivity contribution in [2.75, 3.05) is 0 Å². The third-order valence-corrected chi connectivity index (χ3v) is 1.98. The van der Waals surface area contributed by atoms with E-state index in [4.69, 9.17) is 5.84 Å². The second-order valence-electron chi connectivity index (χ2n) is 3.17. The molecule has 0 aliphatic carbocycles. The Balaban J connectivity index is 3.04. The number of benzene rings is 1. The van der Waals surface area contributed by atoms with Gasteiger partial charge in [0.15, 0.2) is 0 Å². The predicted molar refractivity (Wildman–Crippen MR) is 47.1 cm³/mol. The van der Waals surface area contributed by atoms with Crippen LogP contribution >= 0.6 is 0 Å². The molecular formula is C9H9F5N2. The molecule has 0 spiro atoms. The van der Waals surface area contributed by atoms with Gasteiger partial charge in [-0.1, -0.05) is 6.07 Å². The average molecular weight is 240 g/mol. The van der Waals surface area contributed by atoms with Gasteiger partial charge in [-0.3, -0.25) is 11.3 Å². The summed E-state index contributed by atoms with van der Waals surface area (Å²) in [5, 5.41) is 0. The molecule has 1 atom stereocenters. The van der Waals surface area contributed by atoms with Crippen molar-refractivity contribution >= 4 is 0 Å². The minimum Gasteiger partial charge on any atom is -0.271 e. The number of alkyl halides is 3. The van der Waals surface area contributed by atoms with Crippen LogP contribution in [0, 0.1) is 11.6 Å². The number of hydrazine groups is 1. The van der Waals surface area contributed by atoms with Crippen LogP contribution in [0.1, 0.15) is 18.0 Å². The zero-order valence-corrected chi connectivity index (χ0v) is 7.98. The molecule has 0 aromatic heterocycles. The average Bonchev–Trinajstić information content (AvgIpc) is 2.14. The minimum absolute atomic E-state index is 0.706. The molecule has 0 radical (unpaired) electrons. The van der Waals surface area contributed by atoms with E-state index in [-0.39, 0.29) is 0 Å². The van der Waals surface area contributed by atoms with Crippen LogP contribution in [0.25, 0.3) is 0 Å². The standard InChI is InChI=1S/C9H9F5N2/c10-5-2-1-3-6(11)8(5)7(16-15)4-9(12,13)14/h1-3,7,16H,4,15H2. The Labute approximate surface area is 88.2 Å². The minimum atomic E-state index is -4.56. The lowest BCUT2D eigenvalue weighted by Gasteiger charge is -2.19. The Morgan fingerprint density at radius 3 is 2.06 bits per heavy atom. The zero-order valence-electron chi connectivity index (χ0n) is 7.98. The monoisotopic (exact) mass is 240 g/mol. The SMILES string of the molecule is NNC(CC(F)(F)F)c1c(F)cccc1F. The topological polar surface area (TPSA) is 38.0 Å². The molecule has 1 aromatic carbocycles. The second kappa shape index (κ2) is 4.75. The number of nitrogens with two attached hydrogens (primary N) is 1. The first-order valence-corrected chi connectivity index (χ1v) is 4.32. The largest absolute Gasteiger partial charge is 0.390 e. The highest BCUT2D eigenvalue weighted by Gasteiger charge is 2.34. The van der Waals surface area contributed by atoms with E-state index in [9.17, 15) is 22.0 Å². The molecule has 0 saturated heterocycles. The van der Waals surface area contributed by atoms with Crippen LogP contribution in [0.3, 0.4) is 0 Å². The molecule has 1 unspecified atom stereocenters. The fraction of sp³-hybridized carbons (Fsp3) is 0.333. The van der Waals surface area contributed by atoms with E-state index in [1.165, 1.54) is 0 Å². The number of halogens is 5. The van der Waals surface area contributed by atoms with Crippen molar-refractivity contribution in [2.45, 2.75) is 18.6 Å². The molecule has 3 N–H and O–H groups in total. The molecule has 90 valence electrons. The molecule has 0 bridgehead atoms. The van der Waals surface area contributed by atoms with E-state index in [2.05, 4.69) is 0 Å². The smallest absolute Gasteiger partial charge is 0.271 e. The Morgan fingerprint density at radius 2 is 1.69 bits per heavy atom. The second-order valence-corrected chi connectivity index (χ2v) is 3.17. The summed E-state index contributed by atoms with van der Waals surface area (Å²) in [4.78, 5) is 0. The van der Waals surface area contributed by atoms with E-state index in [1.807, 2.05) is 0 Å². The first kappa shape index (κ1) is 12.9. The quantitative estimate of drug-likeness (QED) is 0.483. The first-order chi connectivity index (χ1) is 7.35. The van der Waals surface area contributed by atoms with Gasteiger partial charge in [0, 0.05) is 5.56 Å². The van der Waals surface area contributed by atoms with E-state index >= 15 is 0 Å². The third kappa shape index (κ3) is 3.14. The van der Waals surface area contributed by atoms with Crippen LogP contribution in [0.2, 0.25) is 0 Å². The molecule has 0 aliphatic heterocycles. The number of rotatable bonds is 3. The maximum atomic E-state index is 13.2. The van der Waals surface area contributed by atoms with E-state index in [0.29, 0.717) is 0 Å². The van der Waals surface area contributed by atoms with Crippen LogP contribution in [0.15, 0.2) is 18.2 Å². The van der Waals surface area contributed by atoms with Crippen molar-refractivity contribution in [3.05, 3.63) is 35.4 Å². The highest BCUT2D eigenvalue weighted by molar-refractivity contribution is 5.23. The van der Waals surface area contributed by atoms with Gasteiger partial charge in [-0.25, -0.2) is 8.78 Å². The maximum Gasteiger partial charge on any atom is 0.390 e. The van der Waals surface area contributed by atoms with Crippen LogP contribution in [0.4, 0.5) is 22.0 Å². The Morgan fingerprint density at radius 1 is 1.19 bits per heavy atom. The summed E-state index contributed by atoms with van der Waals surface area (Å²) in [5.41, 5.74) is 1.05. The molecule has 0 fully saturated rings. The fourth-order valence-electron chi connectivity index (χ4n) is 1.32. The molecule has 2 nitrogen and oxygen atoms in total. The van der Waals surface area contributed by atoms with E-state index in [1.54, 1.807) is 5.43 Å². The first-order valence-electron chi connectivity index (χ1n) is 4.32. The molecule has 1 rings (SSSR count). The maximum absolute atomic E-state index is 13.2.